The smallest absolute Gasteiger partial charge is 0.337 e. The van der Waals surface area contributed by atoms with Crippen LogP contribution in [0.2, 0.25) is 0 Å². The van der Waals surface area contributed by atoms with Crippen molar-refractivity contribution in [3.8, 4) is 11.1 Å². The molecule has 0 spiro atoms. The highest BCUT2D eigenvalue weighted by Gasteiger charge is 2.31. The van der Waals surface area contributed by atoms with Crippen LogP contribution in [0.25, 0.3) is 11.1 Å². The third kappa shape index (κ3) is 3.98. The fourth-order valence-corrected chi connectivity index (χ4v) is 3.64. The first-order chi connectivity index (χ1) is 13.9. The van der Waals surface area contributed by atoms with E-state index in [2.05, 4.69) is 20.2 Å². The van der Waals surface area contributed by atoms with Crippen LogP contribution in [-0.2, 0) is 6.18 Å². The first kappa shape index (κ1) is 19.1. The molecular formula is C20H18F3N5O. The molecule has 1 atom stereocenters. The monoisotopic (exact) mass is 401 g/mol. The number of amides is 1. The molecule has 4 rings (SSSR count). The maximum Gasteiger partial charge on any atom is 0.416 e. The van der Waals surface area contributed by atoms with E-state index in [9.17, 15) is 18.0 Å². The number of hydrogen-bond acceptors (Lipinski definition) is 4. The fourth-order valence-electron chi connectivity index (χ4n) is 3.64. The minimum atomic E-state index is -4.37. The second kappa shape index (κ2) is 7.65. The Morgan fingerprint density at radius 3 is 2.62 bits per heavy atom. The van der Waals surface area contributed by atoms with Gasteiger partial charge in [0.25, 0.3) is 5.91 Å². The SMILES string of the molecule is O=C(c1cnccn1)N1CCC[C@@H](c2[nH]ncc2-c2ccc(C(F)(F)F)cc2)C1. The van der Waals surface area contributed by atoms with Gasteiger partial charge in [-0.05, 0) is 30.5 Å². The van der Waals surface area contributed by atoms with E-state index >= 15 is 0 Å². The molecule has 1 aliphatic rings. The molecule has 1 fully saturated rings. The van der Waals surface area contributed by atoms with Crippen molar-refractivity contribution < 1.29 is 18.0 Å². The number of nitrogens with one attached hydrogen (secondary N) is 1. The van der Waals surface area contributed by atoms with E-state index in [0.717, 1.165) is 36.2 Å². The third-order valence-corrected chi connectivity index (χ3v) is 5.09. The highest BCUT2D eigenvalue weighted by atomic mass is 19.4. The summed E-state index contributed by atoms with van der Waals surface area (Å²) in [6.45, 7) is 1.10. The Labute approximate surface area is 164 Å². The lowest BCUT2D eigenvalue weighted by Gasteiger charge is -2.32. The number of nitrogens with zero attached hydrogens (tertiary/aromatic N) is 4. The van der Waals surface area contributed by atoms with Gasteiger partial charge in [-0.2, -0.15) is 18.3 Å². The van der Waals surface area contributed by atoms with Crippen molar-refractivity contribution in [2.75, 3.05) is 13.1 Å². The van der Waals surface area contributed by atoms with E-state index in [0.29, 0.717) is 24.3 Å². The minimum absolute atomic E-state index is 0.00386. The van der Waals surface area contributed by atoms with E-state index in [1.165, 1.54) is 30.7 Å². The van der Waals surface area contributed by atoms with Gasteiger partial charge in [-0.3, -0.25) is 14.9 Å². The molecule has 1 amide bonds. The zero-order chi connectivity index (χ0) is 20.4. The van der Waals surface area contributed by atoms with Crippen LogP contribution in [0.4, 0.5) is 13.2 Å². The highest BCUT2D eigenvalue weighted by Crippen LogP contribution is 2.35. The topological polar surface area (TPSA) is 74.8 Å². The lowest BCUT2D eigenvalue weighted by atomic mass is 9.90. The summed E-state index contributed by atoms with van der Waals surface area (Å²) in [6.07, 6.45) is 3.32. The molecule has 2 aromatic heterocycles. The Bertz CT molecular complexity index is 985. The summed E-state index contributed by atoms with van der Waals surface area (Å²) >= 11 is 0. The number of alkyl halides is 3. The number of hydrogen-bond donors (Lipinski definition) is 1. The van der Waals surface area contributed by atoms with Gasteiger partial charge in [0, 0.05) is 42.7 Å². The van der Waals surface area contributed by atoms with Crippen LogP contribution < -0.4 is 0 Å². The summed E-state index contributed by atoms with van der Waals surface area (Å²) in [5.74, 6) is -0.178. The van der Waals surface area contributed by atoms with E-state index in [1.54, 1.807) is 11.1 Å². The predicted molar refractivity (Wildman–Crippen MR) is 98.9 cm³/mol. The Morgan fingerprint density at radius 2 is 1.93 bits per heavy atom. The van der Waals surface area contributed by atoms with Crippen LogP contribution in [-0.4, -0.2) is 44.1 Å². The summed E-state index contributed by atoms with van der Waals surface area (Å²) in [5.41, 5.74) is 1.82. The molecule has 1 aliphatic heterocycles. The van der Waals surface area contributed by atoms with Gasteiger partial charge in [0.1, 0.15) is 5.69 Å². The molecule has 0 bridgehead atoms. The number of aromatic nitrogens is 4. The number of piperidine rings is 1. The number of carbonyl (C=O) groups is 1. The molecule has 29 heavy (non-hydrogen) atoms. The van der Waals surface area contributed by atoms with Crippen molar-refractivity contribution in [2.24, 2.45) is 0 Å². The number of carbonyl (C=O) groups excluding carboxylic acids is 1. The van der Waals surface area contributed by atoms with Crippen LogP contribution >= 0.6 is 0 Å². The molecule has 9 heteroatoms. The quantitative estimate of drug-likeness (QED) is 0.722. The van der Waals surface area contributed by atoms with Gasteiger partial charge in [0.15, 0.2) is 0 Å². The molecule has 3 aromatic rings. The molecule has 3 heterocycles. The lowest BCUT2D eigenvalue weighted by Crippen LogP contribution is -2.39. The lowest BCUT2D eigenvalue weighted by molar-refractivity contribution is -0.137. The normalized spacial score (nSPS) is 17.3. The standard InChI is InChI=1S/C20H18F3N5O/c21-20(22,23)15-5-3-13(4-6-15)16-10-26-27-18(16)14-2-1-9-28(12-14)19(29)17-11-24-7-8-25-17/h3-8,10-11,14H,1-2,9,12H2,(H,26,27)/t14-/m1/s1. The van der Waals surface area contributed by atoms with Crippen molar-refractivity contribution in [1.29, 1.82) is 0 Å². The minimum Gasteiger partial charge on any atom is -0.337 e. The van der Waals surface area contributed by atoms with Gasteiger partial charge in [-0.25, -0.2) is 4.98 Å². The van der Waals surface area contributed by atoms with Crippen LogP contribution in [0.3, 0.4) is 0 Å². The molecule has 0 unspecified atom stereocenters. The van der Waals surface area contributed by atoms with Crippen molar-refractivity contribution in [3.63, 3.8) is 0 Å². The van der Waals surface area contributed by atoms with Crippen LogP contribution in [0.5, 0.6) is 0 Å². The predicted octanol–water partition coefficient (Wildman–Crippen LogP) is 3.91. The van der Waals surface area contributed by atoms with Gasteiger partial charge in [-0.15, -0.1) is 0 Å². The maximum atomic E-state index is 12.8. The second-order valence-corrected chi connectivity index (χ2v) is 6.95. The number of rotatable bonds is 3. The zero-order valence-electron chi connectivity index (χ0n) is 15.4. The molecule has 1 aromatic carbocycles. The second-order valence-electron chi connectivity index (χ2n) is 6.95. The fraction of sp³-hybridized carbons (Fsp3) is 0.300. The van der Waals surface area contributed by atoms with Crippen molar-refractivity contribution >= 4 is 5.91 Å². The average molecular weight is 401 g/mol. The average Bonchev–Trinajstić information content (AvgIpc) is 3.23. The third-order valence-electron chi connectivity index (χ3n) is 5.09. The molecular weight excluding hydrogens is 383 g/mol. The van der Waals surface area contributed by atoms with E-state index < -0.39 is 11.7 Å². The Balaban J connectivity index is 1.55. The number of H-pyrrole nitrogens is 1. The van der Waals surface area contributed by atoms with Gasteiger partial charge >= 0.3 is 6.18 Å². The molecule has 6 nitrogen and oxygen atoms in total. The Kier molecular flexibility index (Phi) is 5.04. The number of halogens is 3. The van der Waals surface area contributed by atoms with Crippen LogP contribution in [0, 0.1) is 0 Å². The van der Waals surface area contributed by atoms with Crippen LogP contribution in [0.1, 0.15) is 40.5 Å². The molecule has 1 saturated heterocycles. The molecule has 1 N–H and O–H groups in total. The van der Waals surface area contributed by atoms with Gasteiger partial charge in [-0.1, -0.05) is 12.1 Å². The Hall–Kier alpha value is -3.23. The first-order valence-electron chi connectivity index (χ1n) is 9.19. The first-order valence-corrected chi connectivity index (χ1v) is 9.19. The largest absolute Gasteiger partial charge is 0.416 e. The number of aromatic amines is 1. The summed E-state index contributed by atoms with van der Waals surface area (Å²) in [4.78, 5) is 22.4. The van der Waals surface area contributed by atoms with Gasteiger partial charge in [0.2, 0.25) is 0 Å². The van der Waals surface area contributed by atoms with Gasteiger partial charge in [0.05, 0.1) is 18.0 Å². The zero-order valence-corrected chi connectivity index (χ0v) is 15.4. The maximum absolute atomic E-state index is 12.8. The van der Waals surface area contributed by atoms with E-state index in [-0.39, 0.29) is 11.8 Å². The van der Waals surface area contributed by atoms with Crippen molar-refractivity contribution in [2.45, 2.75) is 24.9 Å². The summed E-state index contributed by atoms with van der Waals surface area (Å²) < 4.78 is 38.5. The van der Waals surface area contributed by atoms with Gasteiger partial charge < -0.3 is 4.90 Å². The number of benzene rings is 1. The molecule has 0 saturated carbocycles. The molecule has 0 aliphatic carbocycles. The summed E-state index contributed by atoms with van der Waals surface area (Å²) in [6, 6.07) is 5.03. The summed E-state index contributed by atoms with van der Waals surface area (Å²) in [5, 5.41) is 7.08. The number of likely N-dealkylation sites (tertiary alicyclic amines) is 1. The Morgan fingerprint density at radius 1 is 1.14 bits per heavy atom. The van der Waals surface area contributed by atoms with Crippen LogP contribution in [0.15, 0.2) is 49.1 Å². The summed E-state index contributed by atoms with van der Waals surface area (Å²) in [7, 11) is 0. The molecule has 0 radical (unpaired) electrons. The van der Waals surface area contributed by atoms with E-state index in [4.69, 9.17) is 0 Å². The van der Waals surface area contributed by atoms with Crippen molar-refractivity contribution in [3.05, 3.63) is 66.0 Å². The van der Waals surface area contributed by atoms with Crippen molar-refractivity contribution in [1.82, 2.24) is 25.1 Å². The highest BCUT2D eigenvalue weighted by molar-refractivity contribution is 5.92. The van der Waals surface area contributed by atoms with E-state index in [1.807, 2.05) is 0 Å². The molecule has 150 valence electrons.